The SMILES string of the molecule is CCN(CC(=O)NC)C(=O)CNc1ccccc1. The van der Waals surface area contributed by atoms with Crippen molar-refractivity contribution in [3.8, 4) is 0 Å². The number of benzene rings is 1. The van der Waals surface area contributed by atoms with E-state index in [1.165, 1.54) is 4.90 Å². The fourth-order valence-electron chi connectivity index (χ4n) is 1.47. The van der Waals surface area contributed by atoms with Gasteiger partial charge in [-0.25, -0.2) is 0 Å². The molecule has 0 radical (unpaired) electrons. The van der Waals surface area contributed by atoms with Gasteiger partial charge in [0.2, 0.25) is 11.8 Å². The molecule has 0 saturated carbocycles. The summed E-state index contributed by atoms with van der Waals surface area (Å²) in [5.41, 5.74) is 0.891. The first-order valence-electron chi connectivity index (χ1n) is 5.94. The Bertz CT molecular complexity index is 392. The maximum absolute atomic E-state index is 11.9. The average molecular weight is 249 g/mol. The average Bonchev–Trinajstić information content (AvgIpc) is 2.42. The second-order valence-electron chi connectivity index (χ2n) is 3.80. The van der Waals surface area contributed by atoms with Crippen LogP contribution in [0.2, 0.25) is 0 Å². The number of amides is 2. The summed E-state index contributed by atoms with van der Waals surface area (Å²) < 4.78 is 0. The minimum Gasteiger partial charge on any atom is -0.376 e. The summed E-state index contributed by atoms with van der Waals surface area (Å²) in [5.74, 6) is -0.255. The van der Waals surface area contributed by atoms with E-state index in [4.69, 9.17) is 0 Å². The van der Waals surface area contributed by atoms with Crippen molar-refractivity contribution >= 4 is 17.5 Å². The van der Waals surface area contributed by atoms with Crippen molar-refractivity contribution in [1.82, 2.24) is 10.2 Å². The highest BCUT2D eigenvalue weighted by Crippen LogP contribution is 2.04. The predicted molar refractivity (Wildman–Crippen MR) is 71.3 cm³/mol. The zero-order valence-corrected chi connectivity index (χ0v) is 10.8. The minimum absolute atomic E-state index is 0.0926. The summed E-state index contributed by atoms with van der Waals surface area (Å²) in [6, 6.07) is 9.49. The first-order valence-corrected chi connectivity index (χ1v) is 5.94. The third-order valence-corrected chi connectivity index (χ3v) is 2.57. The van der Waals surface area contributed by atoms with Crippen LogP contribution in [0, 0.1) is 0 Å². The highest BCUT2D eigenvalue weighted by atomic mass is 16.2. The Hall–Kier alpha value is -2.04. The number of hydrogen-bond donors (Lipinski definition) is 2. The maximum Gasteiger partial charge on any atom is 0.242 e. The number of rotatable bonds is 6. The normalized spacial score (nSPS) is 9.67. The van der Waals surface area contributed by atoms with Crippen molar-refractivity contribution in [3.05, 3.63) is 30.3 Å². The Kier molecular flexibility index (Phi) is 5.70. The Labute approximate surface area is 107 Å². The van der Waals surface area contributed by atoms with Gasteiger partial charge in [0, 0.05) is 19.3 Å². The van der Waals surface area contributed by atoms with Crippen molar-refractivity contribution in [3.63, 3.8) is 0 Å². The lowest BCUT2D eigenvalue weighted by molar-refractivity contribution is -0.134. The standard InChI is InChI=1S/C13H19N3O2/c1-3-16(10-12(17)14-2)13(18)9-15-11-7-5-4-6-8-11/h4-8,15H,3,9-10H2,1-2H3,(H,14,17). The second-order valence-corrected chi connectivity index (χ2v) is 3.80. The Morgan fingerprint density at radius 3 is 2.44 bits per heavy atom. The van der Waals surface area contributed by atoms with Gasteiger partial charge in [0.25, 0.3) is 0 Å². The zero-order valence-electron chi connectivity index (χ0n) is 10.8. The molecule has 5 nitrogen and oxygen atoms in total. The van der Waals surface area contributed by atoms with Crippen LogP contribution in [0.5, 0.6) is 0 Å². The molecule has 1 aromatic carbocycles. The molecular weight excluding hydrogens is 230 g/mol. The lowest BCUT2D eigenvalue weighted by atomic mass is 10.3. The molecule has 0 atom stereocenters. The molecule has 5 heteroatoms. The molecule has 0 heterocycles. The number of nitrogens with zero attached hydrogens (tertiary/aromatic N) is 1. The van der Waals surface area contributed by atoms with Crippen molar-refractivity contribution in [1.29, 1.82) is 0 Å². The number of anilines is 1. The molecule has 98 valence electrons. The first-order chi connectivity index (χ1) is 8.67. The van der Waals surface area contributed by atoms with E-state index in [0.717, 1.165) is 5.69 Å². The molecule has 0 fully saturated rings. The number of carbonyl (C=O) groups excluding carboxylic acids is 2. The van der Waals surface area contributed by atoms with Crippen LogP contribution in [-0.4, -0.2) is 43.4 Å². The zero-order chi connectivity index (χ0) is 13.4. The highest BCUT2D eigenvalue weighted by Gasteiger charge is 2.14. The Morgan fingerprint density at radius 1 is 1.22 bits per heavy atom. The van der Waals surface area contributed by atoms with Gasteiger partial charge in [0.1, 0.15) is 0 Å². The van der Waals surface area contributed by atoms with E-state index < -0.39 is 0 Å². The van der Waals surface area contributed by atoms with Crippen molar-refractivity contribution in [2.45, 2.75) is 6.92 Å². The van der Waals surface area contributed by atoms with Gasteiger partial charge in [0.05, 0.1) is 13.1 Å². The third-order valence-electron chi connectivity index (χ3n) is 2.57. The van der Waals surface area contributed by atoms with Gasteiger partial charge in [-0.2, -0.15) is 0 Å². The molecule has 1 aromatic rings. The van der Waals surface area contributed by atoms with Crippen LogP contribution in [0.25, 0.3) is 0 Å². The summed E-state index contributed by atoms with van der Waals surface area (Å²) in [6.07, 6.45) is 0. The molecule has 0 spiro atoms. The van der Waals surface area contributed by atoms with Crippen LogP contribution < -0.4 is 10.6 Å². The molecule has 18 heavy (non-hydrogen) atoms. The van der Waals surface area contributed by atoms with Crippen LogP contribution in [0.3, 0.4) is 0 Å². The molecular formula is C13H19N3O2. The van der Waals surface area contributed by atoms with Gasteiger partial charge < -0.3 is 15.5 Å². The Morgan fingerprint density at radius 2 is 1.89 bits per heavy atom. The number of carbonyl (C=O) groups is 2. The first kappa shape index (κ1) is 14.0. The van der Waals surface area contributed by atoms with Crippen LogP contribution in [0.1, 0.15) is 6.92 Å². The predicted octanol–water partition coefficient (Wildman–Crippen LogP) is 0.693. The lowest BCUT2D eigenvalue weighted by Crippen LogP contribution is -2.42. The molecule has 0 aliphatic carbocycles. The van der Waals surface area contributed by atoms with Crippen molar-refractivity contribution in [2.24, 2.45) is 0 Å². The second kappa shape index (κ2) is 7.32. The van der Waals surface area contributed by atoms with Crippen LogP contribution in [0.4, 0.5) is 5.69 Å². The van der Waals surface area contributed by atoms with Crippen molar-refractivity contribution in [2.75, 3.05) is 32.0 Å². The summed E-state index contributed by atoms with van der Waals surface area (Å²) in [4.78, 5) is 24.6. The fourth-order valence-corrected chi connectivity index (χ4v) is 1.47. The summed E-state index contributed by atoms with van der Waals surface area (Å²) in [6.45, 7) is 2.66. The fraction of sp³-hybridized carbons (Fsp3) is 0.385. The Balaban J connectivity index is 2.45. The van der Waals surface area contributed by atoms with Gasteiger partial charge in [0.15, 0.2) is 0 Å². The quantitative estimate of drug-likeness (QED) is 0.780. The molecule has 0 unspecified atom stereocenters. The van der Waals surface area contributed by atoms with Crippen LogP contribution in [0.15, 0.2) is 30.3 Å². The molecule has 2 N–H and O–H groups in total. The number of hydrogen-bond acceptors (Lipinski definition) is 3. The van der Waals surface area contributed by atoms with Gasteiger partial charge in [-0.15, -0.1) is 0 Å². The van der Waals surface area contributed by atoms with E-state index in [9.17, 15) is 9.59 Å². The molecule has 0 aliphatic heterocycles. The van der Waals surface area contributed by atoms with E-state index >= 15 is 0 Å². The highest BCUT2D eigenvalue weighted by molar-refractivity contribution is 5.86. The van der Waals surface area contributed by atoms with Gasteiger partial charge in [-0.05, 0) is 19.1 Å². The maximum atomic E-state index is 11.9. The van der Waals surface area contributed by atoms with Crippen LogP contribution >= 0.6 is 0 Å². The number of para-hydroxylation sites is 1. The van der Waals surface area contributed by atoms with Gasteiger partial charge >= 0.3 is 0 Å². The summed E-state index contributed by atoms with van der Waals surface area (Å²) >= 11 is 0. The van der Waals surface area contributed by atoms with Gasteiger partial charge in [-0.1, -0.05) is 18.2 Å². The largest absolute Gasteiger partial charge is 0.376 e. The monoisotopic (exact) mass is 249 g/mol. The smallest absolute Gasteiger partial charge is 0.242 e. The van der Waals surface area contributed by atoms with E-state index in [2.05, 4.69) is 10.6 Å². The van der Waals surface area contributed by atoms with Crippen molar-refractivity contribution < 1.29 is 9.59 Å². The summed E-state index contributed by atoms with van der Waals surface area (Å²) in [7, 11) is 1.56. The van der Waals surface area contributed by atoms with E-state index in [1.807, 2.05) is 37.3 Å². The topological polar surface area (TPSA) is 61.4 Å². The molecule has 0 bridgehead atoms. The van der Waals surface area contributed by atoms with E-state index in [0.29, 0.717) is 6.54 Å². The minimum atomic E-state index is -0.162. The molecule has 0 aliphatic rings. The molecule has 1 rings (SSSR count). The van der Waals surface area contributed by atoms with E-state index in [-0.39, 0.29) is 24.9 Å². The number of likely N-dealkylation sites (N-methyl/N-ethyl adjacent to an activating group) is 2. The molecule has 0 saturated heterocycles. The molecule has 2 amide bonds. The third kappa shape index (κ3) is 4.45. The number of nitrogens with one attached hydrogen (secondary N) is 2. The summed E-state index contributed by atoms with van der Waals surface area (Å²) in [5, 5.41) is 5.53. The molecule has 0 aromatic heterocycles. The van der Waals surface area contributed by atoms with Crippen LogP contribution in [-0.2, 0) is 9.59 Å². The van der Waals surface area contributed by atoms with E-state index in [1.54, 1.807) is 7.05 Å². The van der Waals surface area contributed by atoms with Gasteiger partial charge in [-0.3, -0.25) is 9.59 Å². The lowest BCUT2D eigenvalue weighted by Gasteiger charge is -2.20.